The Bertz CT molecular complexity index is 687. The predicted octanol–water partition coefficient (Wildman–Crippen LogP) is 3.20. The van der Waals surface area contributed by atoms with Crippen molar-refractivity contribution in [3.05, 3.63) is 55.0 Å². The summed E-state index contributed by atoms with van der Waals surface area (Å²) < 4.78 is 0. The van der Waals surface area contributed by atoms with Crippen LogP contribution >= 0.6 is 22.9 Å². The zero-order valence-electron chi connectivity index (χ0n) is 11.1. The van der Waals surface area contributed by atoms with Crippen molar-refractivity contribution in [3.63, 3.8) is 0 Å². The van der Waals surface area contributed by atoms with Gasteiger partial charge in [-0.3, -0.25) is 14.9 Å². The van der Waals surface area contributed by atoms with E-state index in [2.05, 4.69) is 10.3 Å². The summed E-state index contributed by atoms with van der Waals surface area (Å²) in [6.07, 6.45) is 2.66. The number of hydrogen-bond donors (Lipinski definition) is 1. The number of aryl methyl sites for hydroxylation is 1. The molecule has 0 aliphatic rings. The summed E-state index contributed by atoms with van der Waals surface area (Å²) in [5.74, 6) is -0.461. The van der Waals surface area contributed by atoms with E-state index >= 15 is 0 Å². The smallest absolute Gasteiger partial charge is 0.270 e. The molecule has 21 heavy (non-hydrogen) atoms. The van der Waals surface area contributed by atoms with Crippen LogP contribution in [-0.4, -0.2) is 15.8 Å². The zero-order valence-corrected chi connectivity index (χ0v) is 12.7. The monoisotopic (exact) mass is 325 g/mol. The molecule has 8 heteroatoms. The van der Waals surface area contributed by atoms with Gasteiger partial charge in [-0.2, -0.15) is 0 Å². The number of nitrogens with zero attached hydrogens (tertiary/aromatic N) is 2. The number of halogens is 1. The summed E-state index contributed by atoms with van der Waals surface area (Å²) >= 11 is 7.42. The largest absolute Gasteiger partial charge is 0.345 e. The van der Waals surface area contributed by atoms with Gasteiger partial charge < -0.3 is 5.32 Å². The second-order valence-electron chi connectivity index (χ2n) is 4.18. The summed E-state index contributed by atoms with van der Waals surface area (Å²) in [4.78, 5) is 27.5. The molecule has 6 nitrogen and oxygen atoms in total. The fourth-order valence-electron chi connectivity index (χ4n) is 1.65. The Morgan fingerprint density at radius 2 is 2.29 bits per heavy atom. The van der Waals surface area contributed by atoms with Crippen LogP contribution in [0.2, 0.25) is 5.02 Å². The lowest BCUT2D eigenvalue weighted by Crippen LogP contribution is -2.23. The van der Waals surface area contributed by atoms with Crippen molar-refractivity contribution in [1.29, 1.82) is 0 Å². The zero-order chi connectivity index (χ0) is 15.4. The number of rotatable bonds is 5. The molecule has 0 unspecified atom stereocenters. The SMILES string of the molecule is CCc1cnc(CNC(=O)c2cc([N+](=O)[O-])ccc2Cl)s1. The predicted molar refractivity (Wildman–Crippen MR) is 80.8 cm³/mol. The van der Waals surface area contributed by atoms with Crippen molar-refractivity contribution in [2.45, 2.75) is 19.9 Å². The number of nitro benzene ring substituents is 1. The van der Waals surface area contributed by atoms with Crippen molar-refractivity contribution in [2.75, 3.05) is 0 Å². The van der Waals surface area contributed by atoms with Crippen molar-refractivity contribution >= 4 is 34.5 Å². The molecule has 0 saturated carbocycles. The number of nitrogens with one attached hydrogen (secondary N) is 1. The van der Waals surface area contributed by atoms with E-state index in [1.807, 2.05) is 6.92 Å². The molecule has 0 fully saturated rings. The molecule has 1 heterocycles. The van der Waals surface area contributed by atoms with Crippen molar-refractivity contribution in [3.8, 4) is 0 Å². The first kappa shape index (κ1) is 15.4. The molecular formula is C13H12ClN3O3S. The number of aromatic nitrogens is 1. The normalized spacial score (nSPS) is 10.4. The van der Waals surface area contributed by atoms with Crippen molar-refractivity contribution in [2.24, 2.45) is 0 Å². The number of amides is 1. The fraction of sp³-hybridized carbons (Fsp3) is 0.231. The summed E-state index contributed by atoms with van der Waals surface area (Å²) in [5, 5.41) is 14.3. The highest BCUT2D eigenvalue weighted by Gasteiger charge is 2.16. The number of benzene rings is 1. The van der Waals surface area contributed by atoms with Gasteiger partial charge in [0.25, 0.3) is 11.6 Å². The van der Waals surface area contributed by atoms with Gasteiger partial charge in [-0.15, -0.1) is 11.3 Å². The molecule has 0 aliphatic carbocycles. The first-order valence-corrected chi connectivity index (χ1v) is 7.36. The molecule has 0 radical (unpaired) electrons. The number of hydrogen-bond acceptors (Lipinski definition) is 5. The Hall–Kier alpha value is -1.99. The molecule has 0 spiro atoms. The Labute approximate surface area is 129 Å². The van der Waals surface area contributed by atoms with E-state index in [4.69, 9.17) is 11.6 Å². The molecule has 110 valence electrons. The second-order valence-corrected chi connectivity index (χ2v) is 5.78. The van der Waals surface area contributed by atoms with Crippen LogP contribution < -0.4 is 5.32 Å². The molecule has 1 N–H and O–H groups in total. The highest BCUT2D eigenvalue weighted by atomic mass is 35.5. The molecule has 1 aromatic heterocycles. The van der Waals surface area contributed by atoms with E-state index in [0.29, 0.717) is 0 Å². The lowest BCUT2D eigenvalue weighted by Gasteiger charge is -2.05. The maximum absolute atomic E-state index is 12.0. The summed E-state index contributed by atoms with van der Waals surface area (Å²) in [5.41, 5.74) is -0.0924. The number of nitro groups is 1. The minimum atomic E-state index is -0.568. The van der Waals surface area contributed by atoms with Gasteiger partial charge >= 0.3 is 0 Å². The first-order valence-electron chi connectivity index (χ1n) is 6.17. The molecule has 0 saturated heterocycles. The number of carbonyl (C=O) groups excluding carboxylic acids is 1. The van der Waals surface area contributed by atoms with Crippen LogP contribution in [-0.2, 0) is 13.0 Å². The van der Waals surface area contributed by atoms with E-state index < -0.39 is 10.8 Å². The van der Waals surface area contributed by atoms with Gasteiger partial charge in [-0.05, 0) is 12.5 Å². The van der Waals surface area contributed by atoms with Gasteiger partial charge in [-0.1, -0.05) is 18.5 Å². The Kier molecular flexibility index (Phi) is 4.87. The lowest BCUT2D eigenvalue weighted by molar-refractivity contribution is -0.384. The van der Waals surface area contributed by atoms with Crippen LogP contribution in [0.5, 0.6) is 0 Å². The van der Waals surface area contributed by atoms with E-state index in [1.54, 1.807) is 6.20 Å². The molecule has 2 aromatic rings. The van der Waals surface area contributed by atoms with Crippen LogP contribution in [0.3, 0.4) is 0 Å². The van der Waals surface area contributed by atoms with Crippen LogP contribution in [0.4, 0.5) is 5.69 Å². The number of non-ortho nitro benzene ring substituents is 1. The van der Waals surface area contributed by atoms with Gasteiger partial charge in [0.1, 0.15) is 5.01 Å². The highest BCUT2D eigenvalue weighted by molar-refractivity contribution is 7.11. The van der Waals surface area contributed by atoms with Gasteiger partial charge in [-0.25, -0.2) is 4.98 Å². The van der Waals surface area contributed by atoms with E-state index in [-0.39, 0.29) is 22.8 Å². The van der Waals surface area contributed by atoms with Gasteiger partial charge in [0.15, 0.2) is 0 Å². The van der Waals surface area contributed by atoms with Gasteiger partial charge in [0.05, 0.1) is 22.1 Å². The fourth-order valence-corrected chi connectivity index (χ4v) is 2.65. The molecule has 0 bridgehead atoms. The first-order chi connectivity index (χ1) is 10.0. The third kappa shape index (κ3) is 3.77. The minimum absolute atomic E-state index is 0.0816. The molecule has 1 amide bonds. The number of carbonyl (C=O) groups is 1. The summed E-state index contributed by atoms with van der Waals surface area (Å²) in [6.45, 7) is 2.29. The van der Waals surface area contributed by atoms with Crippen molar-refractivity contribution < 1.29 is 9.72 Å². The van der Waals surface area contributed by atoms with Crippen LogP contribution in [0.1, 0.15) is 27.2 Å². The maximum Gasteiger partial charge on any atom is 0.270 e. The van der Waals surface area contributed by atoms with E-state index in [0.717, 1.165) is 22.4 Å². The third-order valence-electron chi connectivity index (χ3n) is 2.76. The topological polar surface area (TPSA) is 85.1 Å². The van der Waals surface area contributed by atoms with Gasteiger partial charge in [0, 0.05) is 23.2 Å². The summed E-state index contributed by atoms with van der Waals surface area (Å²) in [6, 6.07) is 3.76. The van der Waals surface area contributed by atoms with E-state index in [1.165, 1.54) is 23.5 Å². The average Bonchev–Trinajstić information content (AvgIpc) is 2.93. The third-order valence-corrected chi connectivity index (χ3v) is 4.23. The standard InChI is InChI=1S/C13H12ClN3O3S/c1-2-9-6-15-12(21-9)7-16-13(18)10-5-8(17(19)20)3-4-11(10)14/h3-6H,2,7H2,1H3,(H,16,18). The quantitative estimate of drug-likeness (QED) is 0.675. The Morgan fingerprint density at radius 1 is 1.52 bits per heavy atom. The van der Waals surface area contributed by atoms with Crippen LogP contribution in [0.15, 0.2) is 24.4 Å². The molecule has 0 aliphatic heterocycles. The second kappa shape index (κ2) is 6.64. The Balaban J connectivity index is 2.09. The number of thiazole rings is 1. The average molecular weight is 326 g/mol. The minimum Gasteiger partial charge on any atom is -0.345 e. The van der Waals surface area contributed by atoms with Crippen LogP contribution in [0.25, 0.3) is 0 Å². The Morgan fingerprint density at radius 3 is 2.90 bits per heavy atom. The molecular weight excluding hydrogens is 314 g/mol. The van der Waals surface area contributed by atoms with Gasteiger partial charge in [0.2, 0.25) is 0 Å². The van der Waals surface area contributed by atoms with Crippen molar-refractivity contribution in [1.82, 2.24) is 10.3 Å². The molecule has 0 atom stereocenters. The highest BCUT2D eigenvalue weighted by Crippen LogP contribution is 2.22. The lowest BCUT2D eigenvalue weighted by atomic mass is 10.2. The molecule has 1 aromatic carbocycles. The maximum atomic E-state index is 12.0. The summed E-state index contributed by atoms with van der Waals surface area (Å²) in [7, 11) is 0. The van der Waals surface area contributed by atoms with E-state index in [9.17, 15) is 14.9 Å². The van der Waals surface area contributed by atoms with Crippen LogP contribution in [0, 0.1) is 10.1 Å². The molecule has 2 rings (SSSR count).